The fourth-order valence-electron chi connectivity index (χ4n) is 1.48. The van der Waals surface area contributed by atoms with Crippen molar-refractivity contribution < 1.29 is 4.42 Å². The molecule has 0 aliphatic heterocycles. The Kier molecular flexibility index (Phi) is 3.29. The molecule has 0 unspecified atom stereocenters. The van der Waals surface area contributed by atoms with Crippen molar-refractivity contribution in [2.45, 2.75) is 13.5 Å². The van der Waals surface area contributed by atoms with Gasteiger partial charge in [-0.3, -0.25) is 0 Å². The molecule has 2 aromatic heterocycles. The van der Waals surface area contributed by atoms with Gasteiger partial charge in [0.25, 0.3) is 0 Å². The van der Waals surface area contributed by atoms with Crippen molar-refractivity contribution in [1.82, 2.24) is 4.98 Å². The van der Waals surface area contributed by atoms with Crippen LogP contribution in [0, 0.1) is 6.92 Å². The van der Waals surface area contributed by atoms with Gasteiger partial charge in [0.15, 0.2) is 0 Å². The van der Waals surface area contributed by atoms with Crippen LogP contribution in [0.25, 0.3) is 0 Å². The molecule has 0 spiro atoms. The normalized spacial score (nSPS) is 10.4. The Bertz CT molecular complexity index is 468. The molecule has 2 aromatic rings. The minimum absolute atomic E-state index is 0.796. The molecular weight excluding hydrogens is 268 g/mol. The van der Waals surface area contributed by atoms with E-state index in [1.165, 1.54) is 0 Å². The van der Waals surface area contributed by atoms with Gasteiger partial charge < -0.3 is 9.32 Å². The average Bonchev–Trinajstić information content (AvgIpc) is 2.74. The number of rotatable bonds is 3. The second-order valence-corrected chi connectivity index (χ2v) is 4.58. The van der Waals surface area contributed by atoms with Crippen LogP contribution >= 0.6 is 15.9 Å². The van der Waals surface area contributed by atoms with E-state index < -0.39 is 0 Å². The highest BCUT2D eigenvalue weighted by atomic mass is 79.9. The lowest BCUT2D eigenvalue weighted by atomic mass is 10.3. The van der Waals surface area contributed by atoms with E-state index in [9.17, 15) is 0 Å². The summed E-state index contributed by atoms with van der Waals surface area (Å²) in [4.78, 5) is 6.59. The van der Waals surface area contributed by atoms with Gasteiger partial charge in [-0.05, 0) is 41.1 Å². The Morgan fingerprint density at radius 1 is 1.38 bits per heavy atom. The molecule has 0 fully saturated rings. The topological polar surface area (TPSA) is 29.3 Å². The van der Waals surface area contributed by atoms with Gasteiger partial charge in [0.05, 0.1) is 18.2 Å². The molecule has 0 amide bonds. The summed E-state index contributed by atoms with van der Waals surface area (Å²) in [6.45, 7) is 2.78. The maximum absolute atomic E-state index is 5.04. The fourth-order valence-corrected chi connectivity index (χ4v) is 1.70. The summed E-state index contributed by atoms with van der Waals surface area (Å²) in [5.74, 6) is 0.960. The van der Waals surface area contributed by atoms with Crippen molar-refractivity contribution in [1.29, 1.82) is 0 Å². The lowest BCUT2D eigenvalue weighted by Crippen LogP contribution is -2.17. The lowest BCUT2D eigenvalue weighted by molar-refractivity contribution is 0.563. The van der Waals surface area contributed by atoms with Crippen LogP contribution in [0.1, 0.15) is 11.3 Å². The smallest absolute Gasteiger partial charge is 0.128 e. The highest BCUT2D eigenvalue weighted by Gasteiger charge is 2.05. The molecule has 16 heavy (non-hydrogen) atoms. The number of aromatic nitrogens is 1. The standard InChI is InChI=1S/C12H13BrN2O/c1-9-11(13)3-4-12(14-9)15(2)7-10-5-6-16-8-10/h3-6,8H,7H2,1-2H3. The first-order chi connectivity index (χ1) is 7.66. The molecule has 4 heteroatoms. The molecule has 0 saturated heterocycles. The maximum Gasteiger partial charge on any atom is 0.128 e. The molecule has 0 atom stereocenters. The van der Waals surface area contributed by atoms with Crippen LogP contribution in [0.2, 0.25) is 0 Å². The Labute approximate surface area is 103 Å². The van der Waals surface area contributed by atoms with Crippen molar-refractivity contribution >= 4 is 21.7 Å². The van der Waals surface area contributed by atoms with Crippen molar-refractivity contribution in [2.24, 2.45) is 0 Å². The second-order valence-electron chi connectivity index (χ2n) is 3.72. The molecule has 84 valence electrons. The lowest BCUT2D eigenvalue weighted by Gasteiger charge is -2.17. The van der Waals surface area contributed by atoms with Gasteiger partial charge in [-0.25, -0.2) is 4.98 Å². The van der Waals surface area contributed by atoms with Crippen LogP contribution < -0.4 is 4.90 Å². The number of furan rings is 1. The summed E-state index contributed by atoms with van der Waals surface area (Å²) in [6.07, 6.45) is 3.44. The summed E-state index contributed by atoms with van der Waals surface area (Å²) < 4.78 is 6.07. The first-order valence-electron chi connectivity index (χ1n) is 5.02. The zero-order valence-electron chi connectivity index (χ0n) is 9.27. The highest BCUT2D eigenvalue weighted by molar-refractivity contribution is 9.10. The third-order valence-electron chi connectivity index (χ3n) is 2.40. The van der Waals surface area contributed by atoms with E-state index in [1.807, 2.05) is 32.2 Å². The molecule has 0 aromatic carbocycles. The van der Waals surface area contributed by atoms with Crippen LogP contribution in [0.4, 0.5) is 5.82 Å². The maximum atomic E-state index is 5.04. The Morgan fingerprint density at radius 2 is 2.19 bits per heavy atom. The second kappa shape index (κ2) is 4.70. The van der Waals surface area contributed by atoms with E-state index in [2.05, 4.69) is 25.8 Å². The average molecular weight is 281 g/mol. The Balaban J connectivity index is 2.14. The largest absolute Gasteiger partial charge is 0.472 e. The van der Waals surface area contributed by atoms with Gasteiger partial charge in [0, 0.05) is 23.6 Å². The van der Waals surface area contributed by atoms with E-state index in [0.29, 0.717) is 0 Å². The van der Waals surface area contributed by atoms with Crippen molar-refractivity contribution in [2.75, 3.05) is 11.9 Å². The number of halogens is 1. The predicted octanol–water partition coefficient (Wildman–Crippen LogP) is 3.38. The zero-order chi connectivity index (χ0) is 11.5. The minimum Gasteiger partial charge on any atom is -0.472 e. The van der Waals surface area contributed by atoms with Gasteiger partial charge in [-0.1, -0.05) is 0 Å². The summed E-state index contributed by atoms with van der Waals surface area (Å²) in [6, 6.07) is 5.98. The number of aryl methyl sites for hydroxylation is 1. The molecule has 0 bridgehead atoms. The molecule has 0 N–H and O–H groups in total. The summed E-state index contributed by atoms with van der Waals surface area (Å²) in [5, 5.41) is 0. The van der Waals surface area contributed by atoms with Gasteiger partial charge in [-0.15, -0.1) is 0 Å². The zero-order valence-corrected chi connectivity index (χ0v) is 10.9. The van der Waals surface area contributed by atoms with Gasteiger partial charge in [0.2, 0.25) is 0 Å². The monoisotopic (exact) mass is 280 g/mol. The van der Waals surface area contributed by atoms with Crippen molar-refractivity contribution in [3.8, 4) is 0 Å². The van der Waals surface area contributed by atoms with Crippen LogP contribution in [-0.2, 0) is 6.54 Å². The van der Waals surface area contributed by atoms with Crippen LogP contribution in [0.15, 0.2) is 39.6 Å². The first-order valence-corrected chi connectivity index (χ1v) is 5.81. The number of anilines is 1. The van der Waals surface area contributed by atoms with Gasteiger partial charge in [-0.2, -0.15) is 0 Å². The van der Waals surface area contributed by atoms with Crippen LogP contribution in [-0.4, -0.2) is 12.0 Å². The van der Waals surface area contributed by atoms with Crippen molar-refractivity contribution in [3.05, 3.63) is 46.5 Å². The number of nitrogens with zero attached hydrogens (tertiary/aromatic N) is 2. The van der Waals surface area contributed by atoms with E-state index in [4.69, 9.17) is 4.42 Å². The third kappa shape index (κ3) is 2.44. The first kappa shape index (κ1) is 11.2. The van der Waals surface area contributed by atoms with Crippen LogP contribution in [0.5, 0.6) is 0 Å². The molecule has 0 aliphatic rings. The molecule has 2 heterocycles. The van der Waals surface area contributed by atoms with Gasteiger partial charge in [0.1, 0.15) is 5.82 Å². The number of hydrogen-bond donors (Lipinski definition) is 0. The SMILES string of the molecule is Cc1nc(N(C)Cc2ccoc2)ccc1Br. The number of hydrogen-bond acceptors (Lipinski definition) is 3. The minimum atomic E-state index is 0.796. The molecule has 3 nitrogen and oxygen atoms in total. The quantitative estimate of drug-likeness (QED) is 0.863. The third-order valence-corrected chi connectivity index (χ3v) is 3.24. The Hall–Kier alpha value is -1.29. The fraction of sp³-hybridized carbons (Fsp3) is 0.250. The van der Waals surface area contributed by atoms with E-state index in [1.54, 1.807) is 12.5 Å². The summed E-state index contributed by atoms with van der Waals surface area (Å²) >= 11 is 3.44. The van der Waals surface area contributed by atoms with Crippen LogP contribution in [0.3, 0.4) is 0 Å². The van der Waals surface area contributed by atoms with E-state index in [-0.39, 0.29) is 0 Å². The number of pyridine rings is 1. The van der Waals surface area contributed by atoms with Crippen molar-refractivity contribution in [3.63, 3.8) is 0 Å². The Morgan fingerprint density at radius 3 is 2.81 bits per heavy atom. The summed E-state index contributed by atoms with van der Waals surface area (Å²) in [5.41, 5.74) is 2.14. The molecule has 2 rings (SSSR count). The molecule has 0 radical (unpaired) electrons. The molecular formula is C12H13BrN2O. The van der Waals surface area contributed by atoms with E-state index in [0.717, 1.165) is 28.1 Å². The van der Waals surface area contributed by atoms with E-state index >= 15 is 0 Å². The summed E-state index contributed by atoms with van der Waals surface area (Å²) in [7, 11) is 2.02. The molecule has 0 saturated carbocycles. The molecule has 0 aliphatic carbocycles. The van der Waals surface area contributed by atoms with Gasteiger partial charge >= 0.3 is 0 Å². The highest BCUT2D eigenvalue weighted by Crippen LogP contribution is 2.19. The predicted molar refractivity (Wildman–Crippen MR) is 67.5 cm³/mol.